The lowest BCUT2D eigenvalue weighted by Crippen LogP contribution is -2.44. The van der Waals surface area contributed by atoms with Crippen LogP contribution < -0.4 is 9.64 Å². The summed E-state index contributed by atoms with van der Waals surface area (Å²) in [5.74, 6) is 0.660. The lowest BCUT2D eigenvalue weighted by Gasteiger charge is -2.34. The fraction of sp³-hybridized carbons (Fsp3) is 0.286. The number of nitrogens with zero attached hydrogens (tertiary/aromatic N) is 4. The van der Waals surface area contributed by atoms with Crippen molar-refractivity contribution in [3.05, 3.63) is 60.1 Å². The van der Waals surface area contributed by atoms with Crippen LogP contribution in [0.25, 0.3) is 15.7 Å². The molecule has 0 N–H and O–H groups in total. The molecule has 0 amide bonds. The van der Waals surface area contributed by atoms with Gasteiger partial charge < -0.3 is 14.5 Å². The molecule has 1 aliphatic heterocycles. The summed E-state index contributed by atoms with van der Waals surface area (Å²) in [6, 6.07) is 11.7. The average molecular weight is 410 g/mol. The van der Waals surface area contributed by atoms with E-state index >= 15 is 0 Å². The fourth-order valence-corrected chi connectivity index (χ4v) is 5.00. The summed E-state index contributed by atoms with van der Waals surface area (Å²) in [5, 5.41) is 0.717. The highest BCUT2D eigenvalue weighted by Gasteiger charge is 2.24. The molecule has 1 aliphatic rings. The van der Waals surface area contributed by atoms with Crippen LogP contribution in [0.15, 0.2) is 53.6 Å². The highest BCUT2D eigenvalue weighted by Crippen LogP contribution is 2.33. The van der Waals surface area contributed by atoms with Crippen molar-refractivity contribution < 1.29 is 13.2 Å². The summed E-state index contributed by atoms with van der Waals surface area (Å²) in [5.41, 5.74) is 1.82. The van der Waals surface area contributed by atoms with Gasteiger partial charge in [-0.1, -0.05) is 6.07 Å². The number of fused-ring (bicyclic) bond motifs is 1. The quantitative estimate of drug-likeness (QED) is 0.619. The van der Waals surface area contributed by atoms with Crippen LogP contribution in [0.3, 0.4) is 0 Å². The van der Waals surface area contributed by atoms with Crippen LogP contribution in [-0.4, -0.2) is 57.6 Å². The number of hydrogen-bond donors (Lipinski definition) is 0. The molecule has 0 radical (unpaired) electrons. The Morgan fingerprint density at radius 1 is 1.03 bits per heavy atom. The second kappa shape index (κ2) is 7.43. The third-order valence-electron chi connectivity index (χ3n) is 5.32. The molecule has 0 aliphatic carbocycles. The zero-order valence-electron chi connectivity index (χ0n) is 16.4. The summed E-state index contributed by atoms with van der Waals surface area (Å²) in [6.07, 6.45) is 1.54. The van der Waals surface area contributed by atoms with Gasteiger partial charge in [-0.3, -0.25) is 0 Å². The Labute approximate surface area is 170 Å². The Hall–Kier alpha value is -3.02. The molecule has 8 heteroatoms. The molecule has 0 bridgehead atoms. The Kier molecular flexibility index (Phi) is 4.94. The summed E-state index contributed by atoms with van der Waals surface area (Å²) >= 11 is 0. The number of rotatable bonds is 4. The van der Waals surface area contributed by atoms with Gasteiger partial charge in [-0.05, 0) is 48.8 Å². The first-order valence-electron chi connectivity index (χ1n) is 9.30. The molecule has 1 saturated heterocycles. The maximum absolute atomic E-state index is 13.4. The van der Waals surface area contributed by atoms with E-state index in [9.17, 15) is 8.42 Å². The third-order valence-corrected chi connectivity index (χ3v) is 7.00. The van der Waals surface area contributed by atoms with Gasteiger partial charge in [0.1, 0.15) is 5.75 Å². The standard InChI is InChI=1S/C21H22N4O3S/c1-22-17-4-6-19-16(14-17)8-9-25(19)29(26,27)18-5-7-21(28-3)20(15-18)24-12-10-23(2)11-13-24/h4-9,14-15H,10-13H2,2-3H3. The van der Waals surface area contributed by atoms with Crippen molar-refractivity contribution in [3.63, 3.8) is 0 Å². The SMILES string of the molecule is [C-]#[N+]c1ccc2c(ccn2S(=O)(=O)c2ccc(OC)c(N3CCN(C)CC3)c2)c1. The van der Waals surface area contributed by atoms with Crippen LogP contribution in [0.1, 0.15) is 0 Å². The van der Waals surface area contributed by atoms with Gasteiger partial charge in [-0.2, -0.15) is 0 Å². The van der Waals surface area contributed by atoms with Gasteiger partial charge in [-0.25, -0.2) is 17.2 Å². The first-order chi connectivity index (χ1) is 13.9. The van der Waals surface area contributed by atoms with Crippen LogP contribution in [0.2, 0.25) is 0 Å². The van der Waals surface area contributed by atoms with Crippen molar-refractivity contribution >= 4 is 32.3 Å². The minimum absolute atomic E-state index is 0.207. The lowest BCUT2D eigenvalue weighted by molar-refractivity contribution is 0.311. The minimum atomic E-state index is -3.79. The summed E-state index contributed by atoms with van der Waals surface area (Å²) < 4.78 is 33.5. The minimum Gasteiger partial charge on any atom is -0.495 e. The maximum atomic E-state index is 13.4. The van der Waals surface area contributed by atoms with E-state index < -0.39 is 10.0 Å². The van der Waals surface area contributed by atoms with E-state index in [0.717, 1.165) is 37.3 Å². The van der Waals surface area contributed by atoms with Crippen LogP contribution in [0.4, 0.5) is 11.4 Å². The van der Waals surface area contributed by atoms with E-state index in [2.05, 4.69) is 21.7 Å². The van der Waals surface area contributed by atoms with E-state index in [1.165, 1.54) is 10.2 Å². The van der Waals surface area contributed by atoms with Crippen LogP contribution in [-0.2, 0) is 10.0 Å². The largest absolute Gasteiger partial charge is 0.495 e. The number of piperazine rings is 1. The topological polar surface area (TPSA) is 59.1 Å². The first kappa shape index (κ1) is 19.3. The zero-order chi connectivity index (χ0) is 20.6. The second-order valence-corrected chi connectivity index (χ2v) is 8.91. The molecular formula is C21H22N4O3S. The number of methoxy groups -OCH3 is 1. The van der Waals surface area contributed by atoms with Gasteiger partial charge in [0.05, 0.1) is 29.8 Å². The molecule has 4 rings (SSSR count). The van der Waals surface area contributed by atoms with Crippen molar-refractivity contribution in [2.45, 2.75) is 4.90 Å². The normalized spacial score (nSPS) is 15.4. The van der Waals surface area contributed by atoms with Crippen LogP contribution in [0, 0.1) is 6.57 Å². The number of ether oxygens (including phenoxy) is 1. The monoisotopic (exact) mass is 410 g/mol. The van der Waals surface area contributed by atoms with E-state index in [-0.39, 0.29) is 4.90 Å². The van der Waals surface area contributed by atoms with Crippen molar-refractivity contribution in [1.29, 1.82) is 0 Å². The highest BCUT2D eigenvalue weighted by atomic mass is 32.2. The highest BCUT2D eigenvalue weighted by molar-refractivity contribution is 7.90. The molecular weight excluding hydrogens is 388 g/mol. The number of likely N-dealkylation sites (N-methyl/N-ethyl adjacent to an activating group) is 1. The van der Waals surface area contributed by atoms with Gasteiger partial charge in [-0.15, -0.1) is 0 Å². The fourth-order valence-electron chi connectivity index (χ4n) is 3.62. The molecule has 2 heterocycles. The third kappa shape index (κ3) is 3.43. The predicted molar refractivity (Wildman–Crippen MR) is 113 cm³/mol. The Morgan fingerprint density at radius 2 is 1.79 bits per heavy atom. The van der Waals surface area contributed by atoms with Crippen molar-refractivity contribution in [2.24, 2.45) is 0 Å². The average Bonchev–Trinajstić information content (AvgIpc) is 3.17. The second-order valence-electron chi connectivity index (χ2n) is 7.10. The van der Waals surface area contributed by atoms with E-state index in [1.54, 1.807) is 49.6 Å². The molecule has 3 aromatic rings. The molecule has 1 fully saturated rings. The van der Waals surface area contributed by atoms with Gasteiger partial charge in [0.25, 0.3) is 10.0 Å². The maximum Gasteiger partial charge on any atom is 0.268 e. The first-order valence-corrected chi connectivity index (χ1v) is 10.7. The Balaban J connectivity index is 1.78. The molecule has 7 nitrogen and oxygen atoms in total. The van der Waals surface area contributed by atoms with Crippen molar-refractivity contribution in [1.82, 2.24) is 8.87 Å². The lowest BCUT2D eigenvalue weighted by atomic mass is 10.2. The number of anilines is 1. The van der Waals surface area contributed by atoms with Gasteiger partial charge in [0.15, 0.2) is 5.69 Å². The van der Waals surface area contributed by atoms with Crippen molar-refractivity contribution in [3.8, 4) is 5.75 Å². The molecule has 0 spiro atoms. The molecule has 2 aromatic carbocycles. The van der Waals surface area contributed by atoms with Crippen LogP contribution >= 0.6 is 0 Å². The molecule has 0 atom stereocenters. The molecule has 29 heavy (non-hydrogen) atoms. The molecule has 0 saturated carbocycles. The van der Waals surface area contributed by atoms with Gasteiger partial charge in [0, 0.05) is 32.4 Å². The summed E-state index contributed by atoms with van der Waals surface area (Å²) in [7, 11) is -0.122. The number of aromatic nitrogens is 1. The Bertz CT molecular complexity index is 1200. The van der Waals surface area contributed by atoms with E-state index in [4.69, 9.17) is 11.3 Å². The van der Waals surface area contributed by atoms with E-state index in [0.29, 0.717) is 17.0 Å². The van der Waals surface area contributed by atoms with Gasteiger partial charge >= 0.3 is 0 Å². The number of benzene rings is 2. The predicted octanol–water partition coefficient (Wildman–Crippen LogP) is 3.19. The van der Waals surface area contributed by atoms with E-state index in [1.807, 2.05) is 0 Å². The molecule has 1 aromatic heterocycles. The molecule has 0 unspecified atom stereocenters. The number of hydrogen-bond acceptors (Lipinski definition) is 5. The van der Waals surface area contributed by atoms with Crippen LogP contribution in [0.5, 0.6) is 5.75 Å². The summed E-state index contributed by atoms with van der Waals surface area (Å²) in [4.78, 5) is 8.02. The Morgan fingerprint density at radius 3 is 2.48 bits per heavy atom. The smallest absolute Gasteiger partial charge is 0.268 e. The van der Waals surface area contributed by atoms with Gasteiger partial charge in [0.2, 0.25) is 0 Å². The van der Waals surface area contributed by atoms with Crippen molar-refractivity contribution in [2.75, 3.05) is 45.2 Å². The molecule has 150 valence electrons. The summed E-state index contributed by atoms with van der Waals surface area (Å²) in [6.45, 7) is 10.6. The zero-order valence-corrected chi connectivity index (χ0v) is 17.2.